The Kier molecular flexibility index (Phi) is 13.1. The Bertz CT molecular complexity index is 1350. The summed E-state index contributed by atoms with van der Waals surface area (Å²) in [6.07, 6.45) is -0.224. The van der Waals surface area contributed by atoms with E-state index in [1.54, 1.807) is 0 Å². The quantitative estimate of drug-likeness (QED) is 0.161. The average Bonchev–Trinajstić information content (AvgIpc) is 2.95. The van der Waals surface area contributed by atoms with Crippen LogP contribution in [0.3, 0.4) is 0 Å². The van der Waals surface area contributed by atoms with E-state index in [9.17, 15) is 18.0 Å². The third-order valence-corrected chi connectivity index (χ3v) is 9.28. The highest BCUT2D eigenvalue weighted by Gasteiger charge is 2.35. The molecule has 0 bridgehead atoms. The molecule has 0 spiro atoms. The molecule has 0 heterocycles. The molecule has 240 valence electrons. The molecule has 0 aliphatic rings. The van der Waals surface area contributed by atoms with E-state index in [2.05, 4.69) is 0 Å². The highest BCUT2D eigenvalue weighted by molar-refractivity contribution is 7.91. The molecule has 0 fully saturated rings. The number of rotatable bonds is 17. The lowest BCUT2D eigenvalue weighted by molar-refractivity contribution is 0.0916. The topological polar surface area (TPSA) is 124 Å². The van der Waals surface area contributed by atoms with Gasteiger partial charge in [-0.3, -0.25) is 9.59 Å². The zero-order chi connectivity index (χ0) is 32.5. The van der Waals surface area contributed by atoms with Crippen molar-refractivity contribution in [2.24, 2.45) is 5.41 Å². The number of ketones is 2. The summed E-state index contributed by atoms with van der Waals surface area (Å²) in [4.78, 5) is 26.3. The molecule has 0 aliphatic heterocycles. The molecule has 0 saturated heterocycles. The number of methoxy groups -OCH3 is 4. The number of benzene rings is 2. The van der Waals surface area contributed by atoms with Crippen molar-refractivity contribution in [1.82, 2.24) is 0 Å². The summed E-state index contributed by atoms with van der Waals surface area (Å²) in [5.41, 5.74) is -0.0590. The second-order valence-corrected chi connectivity index (χ2v) is 15.8. The Hall–Kier alpha value is -3.09. The number of carbonyl (C=O) groups excluding carboxylic acids is 2. The van der Waals surface area contributed by atoms with Gasteiger partial charge in [0.1, 0.15) is 4.90 Å². The molecule has 1 unspecified atom stereocenters. The van der Waals surface area contributed by atoms with Crippen LogP contribution in [0.2, 0.25) is 13.1 Å². The molecule has 2 aromatic carbocycles. The number of carbonyl (C=O) groups is 2. The normalized spacial score (nSPS) is 12.5. The summed E-state index contributed by atoms with van der Waals surface area (Å²) in [7, 11) is 0.168. The van der Waals surface area contributed by atoms with E-state index >= 15 is 0 Å². The predicted octanol–water partition coefficient (Wildman–Crippen LogP) is 5.54. The van der Waals surface area contributed by atoms with Gasteiger partial charge in [-0.15, -0.1) is 0 Å². The van der Waals surface area contributed by atoms with Gasteiger partial charge in [-0.2, -0.15) is 0 Å². The van der Waals surface area contributed by atoms with Crippen LogP contribution < -0.4 is 23.7 Å². The molecule has 1 atom stereocenters. The first-order chi connectivity index (χ1) is 20.1. The Morgan fingerprint density at radius 3 is 1.65 bits per heavy atom. The number of ether oxygens (including phenoxy) is 5. The third kappa shape index (κ3) is 9.44. The molecule has 0 amide bonds. The number of Topliss-reactive ketones (excluding diaryl/α,β-unsaturated/α-hetero) is 2. The lowest BCUT2D eigenvalue weighted by atomic mass is 9.90. The van der Waals surface area contributed by atoms with Crippen molar-refractivity contribution in [2.45, 2.75) is 71.1 Å². The van der Waals surface area contributed by atoms with Crippen LogP contribution in [-0.4, -0.2) is 75.9 Å². The first kappa shape index (κ1) is 36.1. The minimum absolute atomic E-state index is 0.0591. The van der Waals surface area contributed by atoms with Crippen LogP contribution in [-0.2, 0) is 14.3 Å². The van der Waals surface area contributed by atoms with Crippen molar-refractivity contribution in [3.8, 4) is 28.7 Å². The third-order valence-electron chi connectivity index (χ3n) is 6.69. The van der Waals surface area contributed by atoms with Crippen molar-refractivity contribution < 1.29 is 46.1 Å². The van der Waals surface area contributed by atoms with Gasteiger partial charge >= 0.3 is 0 Å². The molecule has 0 aliphatic carbocycles. The Balaban J connectivity index is 2.47. The second kappa shape index (κ2) is 15.6. The van der Waals surface area contributed by atoms with Crippen molar-refractivity contribution in [2.75, 3.05) is 40.8 Å². The van der Waals surface area contributed by atoms with Crippen LogP contribution in [0, 0.1) is 5.41 Å². The van der Waals surface area contributed by atoms with Crippen molar-refractivity contribution in [3.63, 3.8) is 0 Å². The van der Waals surface area contributed by atoms with Crippen LogP contribution in [0.1, 0.15) is 67.7 Å². The standard InChI is InChI=1S/C31H46O10SSi/c1-11-14-40-30-26(38-7)17-21(18-27(30)42(34,35)19-28(31(2,3)4)41-43(9)10)23(33)13-12-22(32)20-15-24(36-5)29(39-8)25(16-20)37-6/h15-18,28,43H,11-14,19H2,1-10H3. The van der Waals surface area contributed by atoms with Crippen LogP contribution in [0.4, 0.5) is 0 Å². The zero-order valence-corrected chi connectivity index (χ0v) is 29.0. The predicted molar refractivity (Wildman–Crippen MR) is 168 cm³/mol. The summed E-state index contributed by atoms with van der Waals surface area (Å²) in [5, 5.41) is 0. The van der Waals surface area contributed by atoms with E-state index in [0.29, 0.717) is 23.7 Å². The van der Waals surface area contributed by atoms with Crippen molar-refractivity contribution >= 4 is 30.4 Å². The smallest absolute Gasteiger partial charge is 0.203 e. The molecule has 10 nitrogen and oxygen atoms in total. The first-order valence-electron chi connectivity index (χ1n) is 14.2. The molecule has 2 rings (SSSR count). The molecule has 0 saturated carbocycles. The first-order valence-corrected chi connectivity index (χ1v) is 18.7. The zero-order valence-electron chi connectivity index (χ0n) is 27.0. The Morgan fingerprint density at radius 2 is 1.26 bits per heavy atom. The molecule has 0 aromatic heterocycles. The molecule has 12 heteroatoms. The lowest BCUT2D eigenvalue weighted by Gasteiger charge is -2.32. The van der Waals surface area contributed by atoms with E-state index in [-0.39, 0.29) is 58.5 Å². The fourth-order valence-corrected chi connectivity index (χ4v) is 7.54. The van der Waals surface area contributed by atoms with Gasteiger partial charge in [-0.1, -0.05) is 27.7 Å². The molecule has 0 radical (unpaired) electrons. The lowest BCUT2D eigenvalue weighted by Crippen LogP contribution is -2.39. The summed E-state index contributed by atoms with van der Waals surface area (Å²) < 4.78 is 61.3. The minimum Gasteiger partial charge on any atom is -0.493 e. The average molecular weight is 639 g/mol. The van der Waals surface area contributed by atoms with Gasteiger partial charge in [0.15, 0.2) is 53.4 Å². The van der Waals surface area contributed by atoms with Gasteiger partial charge in [0.05, 0.1) is 46.9 Å². The van der Waals surface area contributed by atoms with Crippen molar-refractivity contribution in [3.05, 3.63) is 35.4 Å². The summed E-state index contributed by atoms with van der Waals surface area (Å²) in [6, 6.07) is 5.82. The van der Waals surface area contributed by atoms with Gasteiger partial charge in [0, 0.05) is 24.0 Å². The summed E-state index contributed by atoms with van der Waals surface area (Å²) in [5.74, 6) is 0.134. The fourth-order valence-electron chi connectivity index (χ4n) is 4.34. The second-order valence-electron chi connectivity index (χ2n) is 11.4. The highest BCUT2D eigenvalue weighted by Crippen LogP contribution is 2.40. The maximum atomic E-state index is 13.9. The molecular weight excluding hydrogens is 592 g/mol. The van der Waals surface area contributed by atoms with Crippen LogP contribution in [0.25, 0.3) is 0 Å². The van der Waals surface area contributed by atoms with Crippen molar-refractivity contribution in [1.29, 1.82) is 0 Å². The van der Waals surface area contributed by atoms with Crippen LogP contribution in [0.15, 0.2) is 29.2 Å². The molecule has 2 aromatic rings. The van der Waals surface area contributed by atoms with E-state index in [0.717, 1.165) is 0 Å². The molecular formula is C31H46O10SSi. The van der Waals surface area contributed by atoms with E-state index < -0.39 is 36.2 Å². The van der Waals surface area contributed by atoms with Gasteiger partial charge in [-0.05, 0) is 49.2 Å². The fraction of sp³-hybridized carbons (Fsp3) is 0.548. The monoisotopic (exact) mass is 638 g/mol. The maximum Gasteiger partial charge on any atom is 0.203 e. The van der Waals surface area contributed by atoms with Crippen LogP contribution >= 0.6 is 0 Å². The minimum atomic E-state index is -4.00. The van der Waals surface area contributed by atoms with E-state index in [4.69, 9.17) is 28.1 Å². The molecule has 43 heavy (non-hydrogen) atoms. The number of hydrogen-bond acceptors (Lipinski definition) is 10. The van der Waals surface area contributed by atoms with Gasteiger partial charge in [0.2, 0.25) is 5.75 Å². The maximum absolute atomic E-state index is 13.9. The van der Waals surface area contributed by atoms with Gasteiger partial charge < -0.3 is 28.1 Å². The number of sulfone groups is 1. The van der Waals surface area contributed by atoms with E-state index in [1.165, 1.54) is 52.7 Å². The molecule has 0 N–H and O–H groups in total. The Morgan fingerprint density at radius 1 is 0.791 bits per heavy atom. The Labute approximate surface area is 257 Å². The number of hydrogen-bond donors (Lipinski definition) is 0. The van der Waals surface area contributed by atoms with E-state index in [1.807, 2.05) is 40.8 Å². The summed E-state index contributed by atoms with van der Waals surface area (Å²) >= 11 is 0. The van der Waals surface area contributed by atoms with Gasteiger partial charge in [0.25, 0.3) is 0 Å². The SMILES string of the molecule is CCCOc1c(OC)cc(C(=O)CCC(=O)c2cc(OC)c(OC)c(OC)c2)cc1S(=O)(=O)CC(O[SiH](C)C)C(C)(C)C. The van der Waals surface area contributed by atoms with Gasteiger partial charge in [-0.25, -0.2) is 8.42 Å². The summed E-state index contributed by atoms with van der Waals surface area (Å²) in [6.45, 7) is 11.9. The largest absolute Gasteiger partial charge is 0.493 e. The van der Waals surface area contributed by atoms with Crippen LogP contribution in [0.5, 0.6) is 28.7 Å². The highest BCUT2D eigenvalue weighted by atomic mass is 32.2.